The summed E-state index contributed by atoms with van der Waals surface area (Å²) in [6.45, 7) is 1.67. The topological polar surface area (TPSA) is 102 Å². The molecule has 0 heterocycles. The van der Waals surface area contributed by atoms with Crippen LogP contribution in [0.4, 0.5) is 0 Å². The van der Waals surface area contributed by atoms with Gasteiger partial charge in [0.1, 0.15) is 5.75 Å². The molecule has 2 aromatic carbocycles. The van der Waals surface area contributed by atoms with Gasteiger partial charge in [0, 0.05) is 30.6 Å². The van der Waals surface area contributed by atoms with Gasteiger partial charge in [0.2, 0.25) is 15.9 Å². The first-order valence-electron chi connectivity index (χ1n) is 8.33. The van der Waals surface area contributed by atoms with Crippen molar-refractivity contribution in [1.82, 2.24) is 10.0 Å². The van der Waals surface area contributed by atoms with Gasteiger partial charge in [-0.25, -0.2) is 13.1 Å². The van der Waals surface area contributed by atoms with Gasteiger partial charge in [0.25, 0.3) is 0 Å². The SMILES string of the molecule is COc1ccccc1CNC(=O)CCNS(=O)(=O)c1ccc(C(C)=O)cc1. The summed E-state index contributed by atoms with van der Waals surface area (Å²) in [5.74, 6) is 0.252. The highest BCUT2D eigenvalue weighted by Crippen LogP contribution is 2.16. The summed E-state index contributed by atoms with van der Waals surface area (Å²) in [7, 11) is -2.18. The number of nitrogens with one attached hydrogen (secondary N) is 2. The Morgan fingerprint density at radius 3 is 2.33 bits per heavy atom. The van der Waals surface area contributed by atoms with E-state index in [1.807, 2.05) is 18.2 Å². The lowest BCUT2D eigenvalue weighted by atomic mass is 10.2. The summed E-state index contributed by atoms with van der Waals surface area (Å²) in [5.41, 5.74) is 1.27. The molecule has 27 heavy (non-hydrogen) atoms. The Bertz CT molecular complexity index is 908. The first-order chi connectivity index (χ1) is 12.8. The summed E-state index contributed by atoms with van der Waals surface area (Å²) < 4.78 is 32.0. The smallest absolute Gasteiger partial charge is 0.240 e. The minimum Gasteiger partial charge on any atom is -0.496 e. The van der Waals surface area contributed by atoms with E-state index >= 15 is 0 Å². The molecule has 0 aromatic heterocycles. The number of hydrogen-bond acceptors (Lipinski definition) is 5. The number of carbonyl (C=O) groups is 2. The van der Waals surface area contributed by atoms with E-state index in [4.69, 9.17) is 4.74 Å². The highest BCUT2D eigenvalue weighted by Gasteiger charge is 2.14. The molecule has 0 unspecified atom stereocenters. The maximum absolute atomic E-state index is 12.2. The van der Waals surface area contributed by atoms with E-state index in [-0.39, 0.29) is 29.6 Å². The lowest BCUT2D eigenvalue weighted by Crippen LogP contribution is -2.30. The molecule has 2 rings (SSSR count). The molecule has 2 aromatic rings. The van der Waals surface area contributed by atoms with E-state index in [1.165, 1.54) is 31.2 Å². The third-order valence-corrected chi connectivity index (χ3v) is 5.36. The monoisotopic (exact) mass is 390 g/mol. The number of ether oxygens (including phenoxy) is 1. The second kappa shape index (κ2) is 9.29. The molecule has 8 heteroatoms. The molecular weight excluding hydrogens is 368 g/mol. The lowest BCUT2D eigenvalue weighted by Gasteiger charge is -2.10. The van der Waals surface area contributed by atoms with Gasteiger partial charge >= 0.3 is 0 Å². The first-order valence-corrected chi connectivity index (χ1v) is 9.81. The van der Waals surface area contributed by atoms with Gasteiger partial charge in [-0.15, -0.1) is 0 Å². The highest BCUT2D eigenvalue weighted by atomic mass is 32.2. The van der Waals surface area contributed by atoms with Gasteiger partial charge in [-0.05, 0) is 25.1 Å². The molecular formula is C19H22N2O5S. The summed E-state index contributed by atoms with van der Waals surface area (Å²) in [6.07, 6.45) is -0.0000907. The van der Waals surface area contributed by atoms with Crippen LogP contribution in [0.25, 0.3) is 0 Å². The number of benzene rings is 2. The van der Waals surface area contributed by atoms with Crippen molar-refractivity contribution in [3.8, 4) is 5.75 Å². The van der Waals surface area contributed by atoms with Crippen molar-refractivity contribution in [3.63, 3.8) is 0 Å². The van der Waals surface area contributed by atoms with Crippen molar-refractivity contribution in [3.05, 3.63) is 59.7 Å². The zero-order chi connectivity index (χ0) is 19.9. The third-order valence-electron chi connectivity index (χ3n) is 3.88. The molecule has 0 bridgehead atoms. The largest absolute Gasteiger partial charge is 0.496 e. The van der Waals surface area contributed by atoms with E-state index in [2.05, 4.69) is 10.0 Å². The van der Waals surface area contributed by atoms with Crippen molar-refractivity contribution in [2.75, 3.05) is 13.7 Å². The Balaban J connectivity index is 1.83. The fourth-order valence-electron chi connectivity index (χ4n) is 2.38. The minimum absolute atomic E-state index is 0.0000907. The van der Waals surface area contributed by atoms with Crippen LogP contribution in [-0.2, 0) is 21.4 Å². The van der Waals surface area contributed by atoms with Crippen LogP contribution in [0, 0.1) is 0 Å². The number of ketones is 1. The Labute approximate surface area is 158 Å². The van der Waals surface area contributed by atoms with Crippen molar-refractivity contribution >= 4 is 21.7 Å². The summed E-state index contributed by atoms with van der Waals surface area (Å²) in [6, 6.07) is 13.0. The molecule has 0 fully saturated rings. The molecule has 0 saturated carbocycles. The molecule has 144 valence electrons. The molecule has 0 atom stereocenters. The van der Waals surface area contributed by atoms with Crippen molar-refractivity contribution in [1.29, 1.82) is 0 Å². The van der Waals surface area contributed by atoms with E-state index < -0.39 is 10.0 Å². The van der Waals surface area contributed by atoms with Crippen LogP contribution < -0.4 is 14.8 Å². The van der Waals surface area contributed by atoms with Gasteiger partial charge in [-0.1, -0.05) is 30.3 Å². The molecule has 0 aliphatic rings. The van der Waals surface area contributed by atoms with Crippen LogP contribution in [-0.4, -0.2) is 33.8 Å². The Morgan fingerprint density at radius 1 is 1.04 bits per heavy atom. The lowest BCUT2D eigenvalue weighted by molar-refractivity contribution is -0.121. The van der Waals surface area contributed by atoms with Crippen LogP contribution >= 0.6 is 0 Å². The highest BCUT2D eigenvalue weighted by molar-refractivity contribution is 7.89. The van der Waals surface area contributed by atoms with Crippen molar-refractivity contribution < 1.29 is 22.7 Å². The number of sulfonamides is 1. The van der Waals surface area contributed by atoms with Gasteiger partial charge in [0.05, 0.1) is 12.0 Å². The normalized spacial score (nSPS) is 11.0. The fraction of sp³-hybridized carbons (Fsp3) is 0.263. The molecule has 0 aliphatic heterocycles. The van der Waals surface area contributed by atoms with Crippen LogP contribution in [0.3, 0.4) is 0 Å². The fourth-order valence-corrected chi connectivity index (χ4v) is 3.41. The summed E-state index contributed by atoms with van der Waals surface area (Å²) in [4.78, 5) is 23.2. The number of amides is 1. The predicted octanol–water partition coefficient (Wildman–Crippen LogP) is 1.88. The second-order valence-electron chi connectivity index (χ2n) is 5.82. The zero-order valence-corrected chi connectivity index (χ0v) is 16.0. The van der Waals surface area contributed by atoms with Crippen molar-refractivity contribution in [2.45, 2.75) is 24.8 Å². The first kappa shape index (κ1) is 20.6. The maximum Gasteiger partial charge on any atom is 0.240 e. The zero-order valence-electron chi connectivity index (χ0n) is 15.2. The van der Waals surface area contributed by atoms with Gasteiger partial charge in [-0.3, -0.25) is 9.59 Å². The van der Waals surface area contributed by atoms with E-state index in [9.17, 15) is 18.0 Å². The average molecular weight is 390 g/mol. The van der Waals surface area contributed by atoms with Crippen molar-refractivity contribution in [2.24, 2.45) is 0 Å². The molecule has 1 amide bonds. The van der Waals surface area contributed by atoms with Crippen LogP contribution in [0.5, 0.6) is 5.75 Å². The van der Waals surface area contributed by atoms with Gasteiger partial charge in [-0.2, -0.15) is 0 Å². The molecule has 2 N–H and O–H groups in total. The number of rotatable bonds is 9. The number of carbonyl (C=O) groups excluding carboxylic acids is 2. The average Bonchev–Trinajstić information content (AvgIpc) is 2.66. The van der Waals surface area contributed by atoms with Crippen LogP contribution in [0.15, 0.2) is 53.4 Å². The summed E-state index contributed by atoms with van der Waals surface area (Å²) in [5, 5.41) is 2.73. The maximum atomic E-state index is 12.2. The molecule has 7 nitrogen and oxygen atoms in total. The predicted molar refractivity (Wildman–Crippen MR) is 101 cm³/mol. The quantitative estimate of drug-likeness (QED) is 0.637. The molecule has 0 spiro atoms. The van der Waals surface area contributed by atoms with Gasteiger partial charge in [0.15, 0.2) is 5.78 Å². The number of Topliss-reactive ketones (excluding diaryl/α,β-unsaturated/α-hetero) is 1. The van der Waals surface area contributed by atoms with Crippen LogP contribution in [0.2, 0.25) is 0 Å². The number of para-hydroxylation sites is 1. The molecule has 0 saturated heterocycles. The van der Waals surface area contributed by atoms with E-state index in [0.717, 1.165) is 5.56 Å². The van der Waals surface area contributed by atoms with Crippen LogP contribution in [0.1, 0.15) is 29.3 Å². The Morgan fingerprint density at radius 2 is 1.70 bits per heavy atom. The summed E-state index contributed by atoms with van der Waals surface area (Å²) >= 11 is 0. The second-order valence-corrected chi connectivity index (χ2v) is 7.58. The Kier molecular flexibility index (Phi) is 7.09. The third kappa shape index (κ3) is 5.90. The standard InChI is InChI=1S/C19H22N2O5S/c1-14(22)15-7-9-17(10-8-15)27(24,25)21-12-11-19(23)20-13-16-5-3-4-6-18(16)26-2/h3-10,21H,11-13H2,1-2H3,(H,20,23). The number of methoxy groups -OCH3 is 1. The Hall–Kier alpha value is -2.71. The van der Waals surface area contributed by atoms with Gasteiger partial charge < -0.3 is 10.1 Å². The molecule has 0 radical (unpaired) electrons. The number of hydrogen-bond donors (Lipinski definition) is 2. The minimum atomic E-state index is -3.74. The van der Waals surface area contributed by atoms with E-state index in [0.29, 0.717) is 17.9 Å². The molecule has 0 aliphatic carbocycles. The van der Waals surface area contributed by atoms with E-state index in [1.54, 1.807) is 13.2 Å².